The second-order valence-corrected chi connectivity index (χ2v) is 6.90. The number of amides is 1. The number of carbonyl (C=O) groups is 2. The first-order valence-electron chi connectivity index (χ1n) is 8.14. The quantitative estimate of drug-likeness (QED) is 0.336. The number of aliphatic hydroxyl groups is 3. The Labute approximate surface area is 165 Å². The molecule has 0 spiro atoms. The molecule has 1 saturated heterocycles. The summed E-state index contributed by atoms with van der Waals surface area (Å²) in [5.74, 6) is -1.17. The maximum atomic E-state index is 11.4. The van der Waals surface area contributed by atoms with E-state index in [-0.39, 0.29) is 6.29 Å². The largest absolute Gasteiger partial charge is 0.387 e. The molecule has 1 aliphatic heterocycles. The maximum absolute atomic E-state index is 11.4. The zero-order chi connectivity index (χ0) is 20.1. The molecule has 0 aromatic heterocycles. The summed E-state index contributed by atoms with van der Waals surface area (Å²) in [4.78, 5) is 27.8. The fraction of sp³-hybridized carbons (Fsp3) is 0.500. The normalized spacial score (nSPS) is 22.6. The number of hydroxylamine groups is 2. The SMILES string of the molecule is NC(=O)[C@@H](O)[C@H](ON1CCNCC1c1ccc(Cl)cc1Cl)[C@H](O)[C@@H](O)C=O. The maximum Gasteiger partial charge on any atom is 0.249 e. The number of carbonyl (C=O) groups excluding carboxylic acids is 2. The van der Waals surface area contributed by atoms with Gasteiger partial charge in [0.25, 0.3) is 0 Å². The van der Waals surface area contributed by atoms with Gasteiger partial charge >= 0.3 is 0 Å². The highest BCUT2D eigenvalue weighted by atomic mass is 35.5. The number of benzene rings is 1. The van der Waals surface area contributed by atoms with Crippen molar-refractivity contribution in [1.82, 2.24) is 10.4 Å². The van der Waals surface area contributed by atoms with Crippen LogP contribution in [-0.4, -0.2) is 76.6 Å². The number of nitrogens with one attached hydrogen (secondary N) is 1. The molecule has 0 radical (unpaired) electrons. The zero-order valence-electron chi connectivity index (χ0n) is 14.2. The van der Waals surface area contributed by atoms with Crippen LogP contribution < -0.4 is 11.1 Å². The summed E-state index contributed by atoms with van der Waals surface area (Å²) < 4.78 is 0. The van der Waals surface area contributed by atoms with Gasteiger partial charge in [0.1, 0.15) is 18.3 Å². The van der Waals surface area contributed by atoms with Gasteiger partial charge in [-0.1, -0.05) is 29.3 Å². The minimum atomic E-state index is -1.95. The van der Waals surface area contributed by atoms with Crippen molar-refractivity contribution in [2.24, 2.45) is 5.73 Å². The van der Waals surface area contributed by atoms with Crippen LogP contribution in [0.15, 0.2) is 18.2 Å². The van der Waals surface area contributed by atoms with Crippen LogP contribution in [0.25, 0.3) is 0 Å². The number of halogens is 2. The van der Waals surface area contributed by atoms with Crippen LogP contribution in [0, 0.1) is 0 Å². The van der Waals surface area contributed by atoms with E-state index in [0.29, 0.717) is 35.2 Å². The molecule has 5 atom stereocenters. The predicted octanol–water partition coefficient (Wildman–Crippen LogP) is -0.993. The molecule has 1 aliphatic rings. The van der Waals surface area contributed by atoms with Crippen LogP contribution in [0.4, 0.5) is 0 Å². The molecular weight excluding hydrogens is 401 g/mol. The van der Waals surface area contributed by atoms with Crippen molar-refractivity contribution in [2.75, 3.05) is 19.6 Å². The van der Waals surface area contributed by atoms with Crippen molar-refractivity contribution in [3.8, 4) is 0 Å². The summed E-state index contributed by atoms with van der Waals surface area (Å²) in [5.41, 5.74) is 5.75. The third-order valence-electron chi connectivity index (χ3n) is 4.20. The van der Waals surface area contributed by atoms with Gasteiger partial charge in [-0.25, -0.2) is 0 Å². The number of aldehydes is 1. The highest BCUT2D eigenvalue weighted by molar-refractivity contribution is 6.35. The fourth-order valence-electron chi connectivity index (χ4n) is 2.75. The van der Waals surface area contributed by atoms with Crippen LogP contribution in [0.5, 0.6) is 0 Å². The van der Waals surface area contributed by atoms with Crippen molar-refractivity contribution >= 4 is 35.4 Å². The Balaban J connectivity index is 2.29. The first-order chi connectivity index (χ1) is 12.8. The van der Waals surface area contributed by atoms with E-state index in [1.807, 2.05) is 0 Å². The van der Waals surface area contributed by atoms with E-state index in [1.165, 1.54) is 5.06 Å². The molecule has 1 fully saturated rings. The molecular formula is C16H21Cl2N3O6. The van der Waals surface area contributed by atoms with E-state index in [1.54, 1.807) is 18.2 Å². The van der Waals surface area contributed by atoms with Gasteiger partial charge in [-0.3, -0.25) is 9.63 Å². The highest BCUT2D eigenvalue weighted by Crippen LogP contribution is 2.31. The van der Waals surface area contributed by atoms with E-state index < -0.39 is 36.4 Å². The molecule has 27 heavy (non-hydrogen) atoms. The third-order valence-corrected chi connectivity index (χ3v) is 4.76. The van der Waals surface area contributed by atoms with E-state index in [2.05, 4.69) is 5.32 Å². The van der Waals surface area contributed by atoms with Gasteiger partial charge in [-0.15, -0.1) is 0 Å². The van der Waals surface area contributed by atoms with Crippen LogP contribution in [0.3, 0.4) is 0 Å². The molecule has 1 amide bonds. The summed E-state index contributed by atoms with van der Waals surface area (Å²) in [5, 5.41) is 35.1. The van der Waals surface area contributed by atoms with E-state index in [9.17, 15) is 24.9 Å². The standard InChI is InChI=1S/C16H21Cl2N3O6/c17-8-1-2-9(10(18)5-8)11-6-20-3-4-21(11)27-15(14(25)16(19)26)13(24)12(23)7-22/h1-2,5,7,11-15,20,23-25H,3-4,6H2,(H2,19,26)/t11?,12-,13+,14-,15+/m0/s1. The predicted molar refractivity (Wildman–Crippen MR) is 96.9 cm³/mol. The Kier molecular flexibility index (Phi) is 7.95. The number of hydrogen-bond donors (Lipinski definition) is 5. The molecule has 2 rings (SSSR count). The average Bonchev–Trinajstić information content (AvgIpc) is 2.64. The van der Waals surface area contributed by atoms with Gasteiger partial charge in [-0.2, -0.15) is 5.06 Å². The minimum absolute atomic E-state index is 0.0695. The smallest absolute Gasteiger partial charge is 0.249 e. The number of piperazine rings is 1. The Bertz CT molecular complexity index is 680. The number of hydrogen-bond acceptors (Lipinski definition) is 8. The van der Waals surface area contributed by atoms with Crippen LogP contribution in [0.2, 0.25) is 10.0 Å². The molecule has 1 unspecified atom stereocenters. The number of rotatable bonds is 8. The monoisotopic (exact) mass is 421 g/mol. The lowest BCUT2D eigenvalue weighted by atomic mass is 10.0. The summed E-state index contributed by atoms with van der Waals surface area (Å²) in [7, 11) is 0. The molecule has 150 valence electrons. The molecule has 0 saturated carbocycles. The summed E-state index contributed by atoms with van der Waals surface area (Å²) in [6.07, 6.45) is -7.29. The van der Waals surface area contributed by atoms with Crippen LogP contribution >= 0.6 is 23.2 Å². The number of aliphatic hydroxyl groups excluding tert-OH is 3. The molecule has 1 aromatic carbocycles. The lowest BCUT2D eigenvalue weighted by Gasteiger charge is -2.39. The molecule has 1 aromatic rings. The van der Waals surface area contributed by atoms with E-state index >= 15 is 0 Å². The van der Waals surface area contributed by atoms with Gasteiger partial charge in [0.2, 0.25) is 5.91 Å². The van der Waals surface area contributed by atoms with E-state index in [4.69, 9.17) is 33.8 Å². The summed E-state index contributed by atoms with van der Waals surface area (Å²) >= 11 is 12.2. The third kappa shape index (κ3) is 5.37. The summed E-state index contributed by atoms with van der Waals surface area (Å²) in [6.45, 7) is 1.22. The molecule has 1 heterocycles. The van der Waals surface area contributed by atoms with Crippen LogP contribution in [-0.2, 0) is 14.4 Å². The fourth-order valence-corrected chi connectivity index (χ4v) is 3.28. The number of primary amides is 1. The Morgan fingerprint density at radius 1 is 1.37 bits per heavy atom. The van der Waals surface area contributed by atoms with Gasteiger partial charge in [-0.05, 0) is 17.7 Å². The van der Waals surface area contributed by atoms with Gasteiger partial charge in [0, 0.05) is 29.7 Å². The van der Waals surface area contributed by atoms with E-state index in [0.717, 1.165) is 0 Å². The number of nitrogens with zero attached hydrogens (tertiary/aromatic N) is 1. The topological polar surface area (TPSA) is 145 Å². The van der Waals surface area contributed by atoms with Crippen molar-refractivity contribution < 1.29 is 29.7 Å². The van der Waals surface area contributed by atoms with Crippen molar-refractivity contribution in [3.63, 3.8) is 0 Å². The Morgan fingerprint density at radius 3 is 2.67 bits per heavy atom. The summed E-state index contributed by atoms with van der Waals surface area (Å²) in [6, 6.07) is 4.46. The van der Waals surface area contributed by atoms with Gasteiger partial charge < -0.3 is 31.2 Å². The number of nitrogens with two attached hydrogens (primary N) is 1. The van der Waals surface area contributed by atoms with Crippen molar-refractivity contribution in [3.05, 3.63) is 33.8 Å². The minimum Gasteiger partial charge on any atom is -0.387 e. The molecule has 0 bridgehead atoms. The highest BCUT2D eigenvalue weighted by Gasteiger charge is 2.39. The first-order valence-corrected chi connectivity index (χ1v) is 8.89. The lowest BCUT2D eigenvalue weighted by Crippen LogP contribution is -2.56. The molecule has 11 heteroatoms. The van der Waals surface area contributed by atoms with Gasteiger partial charge in [0.15, 0.2) is 12.4 Å². The van der Waals surface area contributed by atoms with Gasteiger partial charge in [0.05, 0.1) is 6.04 Å². The Hall–Kier alpha value is -1.30. The molecule has 6 N–H and O–H groups in total. The Morgan fingerprint density at radius 2 is 2.07 bits per heavy atom. The average molecular weight is 422 g/mol. The molecule has 9 nitrogen and oxygen atoms in total. The zero-order valence-corrected chi connectivity index (χ0v) is 15.7. The lowest BCUT2D eigenvalue weighted by molar-refractivity contribution is -0.273. The van der Waals surface area contributed by atoms with Crippen LogP contribution in [0.1, 0.15) is 11.6 Å². The van der Waals surface area contributed by atoms with Crippen molar-refractivity contribution in [2.45, 2.75) is 30.5 Å². The first kappa shape index (κ1) is 22.0. The molecule has 0 aliphatic carbocycles. The van der Waals surface area contributed by atoms with Crippen molar-refractivity contribution in [1.29, 1.82) is 0 Å². The second-order valence-electron chi connectivity index (χ2n) is 6.06. The second kappa shape index (κ2) is 9.76.